The van der Waals surface area contributed by atoms with Gasteiger partial charge >= 0.3 is 0 Å². The van der Waals surface area contributed by atoms with E-state index < -0.39 is 0 Å². The number of amides is 2. The highest BCUT2D eigenvalue weighted by atomic mass is 35.5. The third-order valence-corrected chi connectivity index (χ3v) is 3.03. The summed E-state index contributed by atoms with van der Waals surface area (Å²) >= 11 is 5.90. The van der Waals surface area contributed by atoms with Crippen molar-refractivity contribution in [3.63, 3.8) is 0 Å². The molecular formula is C12H15ClN3O2+. The van der Waals surface area contributed by atoms with Crippen molar-refractivity contribution in [2.24, 2.45) is 0 Å². The second-order valence-corrected chi connectivity index (χ2v) is 4.58. The number of hydrogen-bond acceptors (Lipinski definition) is 2. The second kappa shape index (κ2) is 5.37. The van der Waals surface area contributed by atoms with Gasteiger partial charge in [-0.15, -0.1) is 0 Å². The van der Waals surface area contributed by atoms with Crippen molar-refractivity contribution in [2.45, 2.75) is 0 Å². The molecule has 0 saturated carbocycles. The molecule has 2 rings (SSSR count). The highest BCUT2D eigenvalue weighted by Gasteiger charge is 2.31. The minimum absolute atomic E-state index is 0.0321. The van der Waals surface area contributed by atoms with Gasteiger partial charge in [-0.1, -0.05) is 17.7 Å². The molecular weight excluding hydrogens is 254 g/mol. The number of nitrogens with zero attached hydrogens (tertiary/aromatic N) is 2. The molecule has 0 atom stereocenters. The number of anilines is 1. The molecule has 0 radical (unpaired) electrons. The van der Waals surface area contributed by atoms with Crippen LogP contribution in [0.15, 0.2) is 24.3 Å². The number of carbonyl (C=O) groups excluding carboxylic acids is 2. The molecule has 2 N–H and O–H groups in total. The van der Waals surface area contributed by atoms with Crippen LogP contribution < -0.4 is 10.2 Å². The fourth-order valence-corrected chi connectivity index (χ4v) is 2.07. The Morgan fingerprint density at radius 2 is 2.28 bits per heavy atom. The van der Waals surface area contributed by atoms with Crippen LogP contribution in [0.4, 0.5) is 5.69 Å². The van der Waals surface area contributed by atoms with E-state index in [9.17, 15) is 9.59 Å². The summed E-state index contributed by atoms with van der Waals surface area (Å²) in [4.78, 5) is 26.7. The predicted molar refractivity (Wildman–Crippen MR) is 68.2 cm³/mol. The minimum Gasteiger partial charge on any atom is -0.341 e. The first-order chi connectivity index (χ1) is 8.61. The number of quaternary nitrogens is 1. The quantitative estimate of drug-likeness (QED) is 0.816. The van der Waals surface area contributed by atoms with Crippen LogP contribution in [-0.4, -0.2) is 43.5 Å². The normalized spacial score (nSPS) is 15.3. The first kappa shape index (κ1) is 12.9. The van der Waals surface area contributed by atoms with E-state index in [4.69, 9.17) is 11.6 Å². The first-order valence-corrected chi connectivity index (χ1v) is 6.11. The van der Waals surface area contributed by atoms with Gasteiger partial charge in [0.1, 0.15) is 13.2 Å². The summed E-state index contributed by atoms with van der Waals surface area (Å²) < 4.78 is 0. The number of rotatable bonds is 3. The maximum absolute atomic E-state index is 11.9. The number of hydrogen-bond donors (Lipinski definition) is 1. The molecule has 0 aliphatic carbocycles. The lowest BCUT2D eigenvalue weighted by Crippen LogP contribution is -2.82. The van der Waals surface area contributed by atoms with E-state index in [1.807, 2.05) is 13.1 Å². The third kappa shape index (κ3) is 2.63. The molecule has 18 heavy (non-hydrogen) atoms. The van der Waals surface area contributed by atoms with Crippen molar-refractivity contribution < 1.29 is 14.9 Å². The Kier molecular flexibility index (Phi) is 3.84. The molecule has 5 nitrogen and oxygen atoms in total. The Bertz CT molecular complexity index is 478. The number of likely N-dealkylation sites (N-methyl/N-ethyl adjacent to an activating group) is 1. The smallest absolute Gasteiger partial charge is 0.279 e. The van der Waals surface area contributed by atoms with Crippen LogP contribution in [0.5, 0.6) is 0 Å². The molecule has 0 spiro atoms. The molecule has 96 valence electrons. The van der Waals surface area contributed by atoms with Crippen molar-refractivity contribution in [2.75, 3.05) is 31.7 Å². The van der Waals surface area contributed by atoms with Gasteiger partial charge in [-0.05, 0) is 18.2 Å². The lowest BCUT2D eigenvalue weighted by atomic mass is 10.3. The van der Waals surface area contributed by atoms with Gasteiger partial charge < -0.3 is 10.2 Å². The highest BCUT2D eigenvalue weighted by molar-refractivity contribution is 6.30. The summed E-state index contributed by atoms with van der Waals surface area (Å²) in [6.07, 6.45) is 0. The molecule has 1 aliphatic heterocycles. The molecule has 2 amide bonds. The zero-order chi connectivity index (χ0) is 13.1. The van der Waals surface area contributed by atoms with Gasteiger partial charge in [-0.2, -0.15) is 0 Å². The topological polar surface area (TPSA) is 57.2 Å². The largest absolute Gasteiger partial charge is 0.341 e. The summed E-state index contributed by atoms with van der Waals surface area (Å²) in [7, 11) is 1.82. The van der Waals surface area contributed by atoms with Gasteiger partial charge in [-0.25, -0.2) is 0 Å². The Morgan fingerprint density at radius 1 is 1.50 bits per heavy atom. The molecule has 1 aromatic carbocycles. The van der Waals surface area contributed by atoms with Gasteiger partial charge in [0, 0.05) is 10.7 Å². The maximum atomic E-state index is 11.9. The van der Waals surface area contributed by atoms with Crippen LogP contribution in [0.3, 0.4) is 0 Å². The molecule has 1 fully saturated rings. The molecule has 0 unspecified atom stereocenters. The van der Waals surface area contributed by atoms with Crippen LogP contribution in [0.25, 0.3) is 0 Å². The Hall–Kier alpha value is -1.59. The van der Waals surface area contributed by atoms with Crippen LogP contribution in [0, 0.1) is 0 Å². The number of nitrogens with two attached hydrogens (primary N) is 1. The number of carbonyl (C=O) groups is 2. The lowest BCUT2D eigenvalue weighted by molar-refractivity contribution is -0.616. The second-order valence-electron chi connectivity index (χ2n) is 4.15. The summed E-state index contributed by atoms with van der Waals surface area (Å²) in [6, 6.07) is 7.07. The van der Waals surface area contributed by atoms with E-state index in [0.717, 1.165) is 5.69 Å². The van der Waals surface area contributed by atoms with E-state index in [2.05, 4.69) is 0 Å². The van der Waals surface area contributed by atoms with Crippen molar-refractivity contribution >= 4 is 29.1 Å². The molecule has 0 bridgehead atoms. The molecule has 1 aliphatic rings. The van der Waals surface area contributed by atoms with Gasteiger partial charge in [0.2, 0.25) is 5.91 Å². The van der Waals surface area contributed by atoms with Crippen LogP contribution in [0.2, 0.25) is 5.02 Å². The summed E-state index contributed by atoms with van der Waals surface area (Å²) in [5.74, 6) is -0.114. The Morgan fingerprint density at radius 3 is 2.94 bits per heavy atom. The molecule has 1 saturated heterocycles. The van der Waals surface area contributed by atoms with Crippen molar-refractivity contribution in [3.8, 4) is 0 Å². The SMILES string of the molecule is C[NH2+]CC(=O)N1CC(=O)N(c2cccc(Cl)c2)C1. The summed E-state index contributed by atoms with van der Waals surface area (Å²) in [6.45, 7) is 0.793. The minimum atomic E-state index is -0.0817. The monoisotopic (exact) mass is 268 g/mol. The van der Waals surface area contributed by atoms with E-state index in [-0.39, 0.29) is 18.4 Å². The van der Waals surface area contributed by atoms with E-state index in [0.29, 0.717) is 18.2 Å². The Labute approximate surface area is 110 Å². The van der Waals surface area contributed by atoms with Crippen molar-refractivity contribution in [1.82, 2.24) is 4.90 Å². The average Bonchev–Trinajstić information content (AvgIpc) is 2.72. The number of halogens is 1. The van der Waals surface area contributed by atoms with Gasteiger partial charge in [-0.3, -0.25) is 14.5 Å². The van der Waals surface area contributed by atoms with Gasteiger partial charge in [0.05, 0.1) is 7.05 Å². The fraction of sp³-hybridized carbons (Fsp3) is 0.333. The first-order valence-electron chi connectivity index (χ1n) is 5.73. The highest BCUT2D eigenvalue weighted by Crippen LogP contribution is 2.22. The van der Waals surface area contributed by atoms with E-state index in [1.54, 1.807) is 33.3 Å². The van der Waals surface area contributed by atoms with Crippen molar-refractivity contribution in [3.05, 3.63) is 29.3 Å². The molecule has 6 heteroatoms. The zero-order valence-electron chi connectivity index (χ0n) is 10.1. The zero-order valence-corrected chi connectivity index (χ0v) is 10.9. The average molecular weight is 269 g/mol. The summed E-state index contributed by atoms with van der Waals surface area (Å²) in [5, 5.41) is 2.36. The number of benzene rings is 1. The lowest BCUT2D eigenvalue weighted by Gasteiger charge is -2.17. The van der Waals surface area contributed by atoms with Crippen LogP contribution in [-0.2, 0) is 9.59 Å². The molecule has 0 aromatic heterocycles. The van der Waals surface area contributed by atoms with Crippen molar-refractivity contribution in [1.29, 1.82) is 0 Å². The third-order valence-electron chi connectivity index (χ3n) is 2.79. The van der Waals surface area contributed by atoms with Gasteiger partial charge in [0.15, 0.2) is 6.54 Å². The summed E-state index contributed by atoms with van der Waals surface area (Å²) in [5.41, 5.74) is 0.725. The molecule has 1 aromatic rings. The fourth-order valence-electron chi connectivity index (χ4n) is 1.89. The predicted octanol–water partition coefficient (Wildman–Crippen LogP) is -0.334. The van der Waals surface area contributed by atoms with Gasteiger partial charge in [0.25, 0.3) is 5.91 Å². The molecule has 1 heterocycles. The Balaban J connectivity index is 2.12. The van der Waals surface area contributed by atoms with E-state index >= 15 is 0 Å². The van der Waals surface area contributed by atoms with E-state index in [1.165, 1.54) is 0 Å². The van der Waals surface area contributed by atoms with Crippen LogP contribution in [0.1, 0.15) is 0 Å². The standard InChI is InChI=1S/C12H14ClN3O2/c1-14-6-11(17)15-7-12(18)16(8-15)10-4-2-3-9(13)5-10/h2-5,14H,6-8H2,1H3/p+1. The van der Waals surface area contributed by atoms with Crippen LogP contribution >= 0.6 is 11.6 Å². The maximum Gasteiger partial charge on any atom is 0.279 e.